The van der Waals surface area contributed by atoms with Crippen LogP contribution in [0.4, 0.5) is 0 Å². The zero-order chi connectivity index (χ0) is 13.2. The number of rotatable bonds is 4. The van der Waals surface area contributed by atoms with Crippen molar-refractivity contribution in [3.8, 4) is 0 Å². The SMILES string of the molecule is CCc1c(Cc2ccccc2)coc1S(N)(=O)=O. The highest BCUT2D eigenvalue weighted by atomic mass is 32.2. The molecule has 0 amide bonds. The molecule has 0 saturated heterocycles. The Balaban J connectivity index is 2.39. The fourth-order valence-electron chi connectivity index (χ4n) is 1.97. The molecule has 2 N–H and O–H groups in total. The number of furan rings is 1. The van der Waals surface area contributed by atoms with E-state index in [2.05, 4.69) is 0 Å². The predicted octanol–water partition coefficient (Wildman–Crippen LogP) is 2.08. The third-order valence-electron chi connectivity index (χ3n) is 2.79. The van der Waals surface area contributed by atoms with E-state index < -0.39 is 10.0 Å². The van der Waals surface area contributed by atoms with Crippen molar-refractivity contribution < 1.29 is 12.8 Å². The summed E-state index contributed by atoms with van der Waals surface area (Å²) in [6.45, 7) is 1.88. The summed E-state index contributed by atoms with van der Waals surface area (Å²) in [5, 5.41) is 5.00. The second-order valence-electron chi connectivity index (χ2n) is 4.09. The Morgan fingerprint density at radius 3 is 2.44 bits per heavy atom. The van der Waals surface area contributed by atoms with Crippen LogP contribution in [-0.4, -0.2) is 8.42 Å². The number of benzene rings is 1. The van der Waals surface area contributed by atoms with Gasteiger partial charge in [0, 0.05) is 12.0 Å². The average molecular weight is 265 g/mol. The zero-order valence-electron chi connectivity index (χ0n) is 10.1. The largest absolute Gasteiger partial charge is 0.451 e. The Kier molecular flexibility index (Phi) is 3.54. The first-order valence-corrected chi connectivity index (χ1v) is 7.23. The molecule has 0 unspecified atom stereocenters. The van der Waals surface area contributed by atoms with Gasteiger partial charge in [-0.3, -0.25) is 0 Å². The van der Waals surface area contributed by atoms with E-state index in [4.69, 9.17) is 9.56 Å². The van der Waals surface area contributed by atoms with E-state index in [0.717, 1.165) is 11.1 Å². The number of primary sulfonamides is 1. The molecule has 1 aromatic carbocycles. The fraction of sp³-hybridized carbons (Fsp3) is 0.231. The monoisotopic (exact) mass is 265 g/mol. The first-order valence-electron chi connectivity index (χ1n) is 5.68. The Morgan fingerprint density at radius 2 is 1.89 bits per heavy atom. The Hall–Kier alpha value is -1.59. The van der Waals surface area contributed by atoms with Crippen molar-refractivity contribution in [2.45, 2.75) is 24.9 Å². The lowest BCUT2D eigenvalue weighted by Gasteiger charge is -2.02. The molecule has 0 aliphatic carbocycles. The van der Waals surface area contributed by atoms with Crippen LogP contribution in [-0.2, 0) is 22.9 Å². The van der Waals surface area contributed by atoms with Crippen molar-refractivity contribution >= 4 is 10.0 Å². The number of nitrogens with two attached hydrogens (primary N) is 1. The molecule has 0 fully saturated rings. The van der Waals surface area contributed by atoms with Crippen LogP contribution in [0.1, 0.15) is 23.6 Å². The smallest absolute Gasteiger partial charge is 0.271 e. The maximum atomic E-state index is 11.4. The van der Waals surface area contributed by atoms with Crippen molar-refractivity contribution in [3.63, 3.8) is 0 Å². The van der Waals surface area contributed by atoms with Crippen molar-refractivity contribution in [2.75, 3.05) is 0 Å². The molecule has 0 radical (unpaired) electrons. The van der Waals surface area contributed by atoms with Gasteiger partial charge in [-0.05, 0) is 17.5 Å². The van der Waals surface area contributed by atoms with Gasteiger partial charge in [-0.2, -0.15) is 0 Å². The number of hydrogen-bond donors (Lipinski definition) is 1. The zero-order valence-corrected chi connectivity index (χ0v) is 10.9. The lowest BCUT2D eigenvalue weighted by Crippen LogP contribution is -2.13. The summed E-state index contributed by atoms with van der Waals surface area (Å²) in [6, 6.07) is 9.81. The van der Waals surface area contributed by atoms with Crippen LogP contribution in [0.3, 0.4) is 0 Å². The molecule has 4 nitrogen and oxygen atoms in total. The molecule has 96 valence electrons. The van der Waals surface area contributed by atoms with Gasteiger partial charge in [0.1, 0.15) is 0 Å². The van der Waals surface area contributed by atoms with Crippen LogP contribution in [0.15, 0.2) is 46.1 Å². The van der Waals surface area contributed by atoms with Gasteiger partial charge in [0.25, 0.3) is 10.0 Å². The summed E-state index contributed by atoms with van der Waals surface area (Å²) in [6.07, 6.45) is 2.69. The van der Waals surface area contributed by atoms with Gasteiger partial charge in [-0.1, -0.05) is 37.3 Å². The van der Waals surface area contributed by atoms with Crippen molar-refractivity contribution in [1.82, 2.24) is 0 Å². The lowest BCUT2D eigenvalue weighted by atomic mass is 10.0. The van der Waals surface area contributed by atoms with Crippen LogP contribution in [0.25, 0.3) is 0 Å². The first-order chi connectivity index (χ1) is 8.52. The molecule has 0 atom stereocenters. The van der Waals surface area contributed by atoms with Gasteiger partial charge in [0.2, 0.25) is 5.09 Å². The molecule has 2 rings (SSSR count). The Bertz CT molecular complexity index is 630. The van der Waals surface area contributed by atoms with E-state index in [-0.39, 0.29) is 5.09 Å². The van der Waals surface area contributed by atoms with E-state index in [9.17, 15) is 8.42 Å². The summed E-state index contributed by atoms with van der Waals surface area (Å²) >= 11 is 0. The minimum Gasteiger partial charge on any atom is -0.451 e. The summed E-state index contributed by atoms with van der Waals surface area (Å²) in [5.41, 5.74) is 2.64. The van der Waals surface area contributed by atoms with Gasteiger partial charge in [0.15, 0.2) is 0 Å². The van der Waals surface area contributed by atoms with Crippen LogP contribution in [0, 0.1) is 0 Å². The normalized spacial score (nSPS) is 11.7. The van der Waals surface area contributed by atoms with Crippen LogP contribution in [0.2, 0.25) is 0 Å². The van der Waals surface area contributed by atoms with E-state index in [0.29, 0.717) is 18.4 Å². The summed E-state index contributed by atoms with van der Waals surface area (Å²) in [7, 11) is -3.78. The number of sulfonamides is 1. The highest BCUT2D eigenvalue weighted by Gasteiger charge is 2.21. The van der Waals surface area contributed by atoms with Gasteiger partial charge in [-0.15, -0.1) is 0 Å². The Morgan fingerprint density at radius 1 is 1.22 bits per heavy atom. The second-order valence-corrected chi connectivity index (χ2v) is 5.55. The van der Waals surface area contributed by atoms with Gasteiger partial charge >= 0.3 is 0 Å². The van der Waals surface area contributed by atoms with Crippen molar-refractivity contribution in [1.29, 1.82) is 0 Å². The number of hydrogen-bond acceptors (Lipinski definition) is 3. The Labute approximate surface area is 106 Å². The van der Waals surface area contributed by atoms with Gasteiger partial charge < -0.3 is 4.42 Å². The molecule has 5 heteroatoms. The van der Waals surface area contributed by atoms with E-state index in [1.165, 1.54) is 6.26 Å². The van der Waals surface area contributed by atoms with E-state index in [1.54, 1.807) is 0 Å². The van der Waals surface area contributed by atoms with Crippen molar-refractivity contribution in [3.05, 3.63) is 53.3 Å². The molecule has 1 heterocycles. The summed E-state index contributed by atoms with van der Waals surface area (Å²) in [5.74, 6) is 0. The third-order valence-corrected chi connectivity index (χ3v) is 3.65. The molecule has 2 aromatic rings. The minimum atomic E-state index is -3.78. The highest BCUT2D eigenvalue weighted by molar-refractivity contribution is 7.89. The maximum absolute atomic E-state index is 11.4. The second kappa shape index (κ2) is 4.96. The summed E-state index contributed by atoms with van der Waals surface area (Å²) < 4.78 is 27.8. The van der Waals surface area contributed by atoms with E-state index in [1.807, 2.05) is 37.3 Å². The highest BCUT2D eigenvalue weighted by Crippen LogP contribution is 2.24. The first kappa shape index (κ1) is 12.9. The summed E-state index contributed by atoms with van der Waals surface area (Å²) in [4.78, 5) is 0. The third kappa shape index (κ3) is 2.63. The minimum absolute atomic E-state index is 0.115. The molecule has 18 heavy (non-hydrogen) atoms. The molecular formula is C13H15NO3S. The topological polar surface area (TPSA) is 73.3 Å². The average Bonchev–Trinajstić information content (AvgIpc) is 2.73. The van der Waals surface area contributed by atoms with Crippen LogP contribution >= 0.6 is 0 Å². The maximum Gasteiger partial charge on any atom is 0.271 e. The van der Waals surface area contributed by atoms with Crippen LogP contribution < -0.4 is 5.14 Å². The predicted molar refractivity (Wildman–Crippen MR) is 68.7 cm³/mol. The van der Waals surface area contributed by atoms with Gasteiger partial charge in [0.05, 0.1) is 6.26 Å². The molecule has 0 spiro atoms. The fourth-order valence-corrected chi connectivity index (χ4v) is 2.77. The van der Waals surface area contributed by atoms with Crippen LogP contribution in [0.5, 0.6) is 0 Å². The van der Waals surface area contributed by atoms with Crippen molar-refractivity contribution in [2.24, 2.45) is 5.14 Å². The van der Waals surface area contributed by atoms with Gasteiger partial charge in [-0.25, -0.2) is 13.6 Å². The standard InChI is InChI=1S/C13H15NO3S/c1-2-12-11(8-10-6-4-3-5-7-10)9-17-13(12)18(14,15)16/h3-7,9H,2,8H2,1H3,(H2,14,15,16). The van der Waals surface area contributed by atoms with E-state index >= 15 is 0 Å². The molecular weight excluding hydrogens is 250 g/mol. The quantitative estimate of drug-likeness (QED) is 0.919. The molecule has 1 aromatic heterocycles. The lowest BCUT2D eigenvalue weighted by molar-refractivity contribution is 0.444. The molecule has 0 bridgehead atoms. The molecule has 0 saturated carbocycles. The molecule has 0 aliphatic heterocycles. The molecule has 0 aliphatic rings.